The number of primary amides is 1. The van der Waals surface area contributed by atoms with Crippen LogP contribution in [0.15, 0.2) is 53.4 Å². The Morgan fingerprint density at radius 2 is 1.94 bits per heavy atom. The molecule has 0 aliphatic carbocycles. The quantitative estimate of drug-likeness (QED) is 0.569. The zero-order valence-electron chi connectivity index (χ0n) is 17.6. The molecule has 2 aromatic heterocycles. The van der Waals surface area contributed by atoms with Gasteiger partial charge in [-0.05, 0) is 43.0 Å². The maximum atomic E-state index is 11.9. The molecule has 0 radical (unpaired) electrons. The van der Waals surface area contributed by atoms with E-state index in [2.05, 4.69) is 15.2 Å². The second kappa shape index (κ2) is 10.2. The molecule has 4 rings (SSSR count). The summed E-state index contributed by atoms with van der Waals surface area (Å²) in [6.07, 6.45) is 1.52. The first-order chi connectivity index (χ1) is 15.6. The molecule has 3 N–H and O–H groups in total. The Labute approximate surface area is 190 Å². The van der Waals surface area contributed by atoms with Crippen LogP contribution in [0.3, 0.4) is 0 Å². The van der Waals surface area contributed by atoms with Gasteiger partial charge in [0.25, 0.3) is 0 Å². The highest BCUT2D eigenvalue weighted by Crippen LogP contribution is 2.25. The lowest BCUT2D eigenvalue weighted by atomic mass is 9.97. The molecule has 166 valence electrons. The molecule has 3 heterocycles. The predicted molar refractivity (Wildman–Crippen MR) is 123 cm³/mol. The summed E-state index contributed by atoms with van der Waals surface area (Å²) in [5.41, 5.74) is 10.1. The van der Waals surface area contributed by atoms with Gasteiger partial charge in [0.1, 0.15) is 12.4 Å². The number of pyridine rings is 1. The average molecular weight is 452 g/mol. The molecule has 0 atom stereocenters. The Balaban J connectivity index is 1.26. The number of benzene rings is 1. The number of hydrogen-bond acceptors (Lipinski definition) is 7. The summed E-state index contributed by atoms with van der Waals surface area (Å²) in [7, 11) is 0. The van der Waals surface area contributed by atoms with Gasteiger partial charge in [-0.3, -0.25) is 4.79 Å². The molecule has 0 bridgehead atoms. The number of thiazole rings is 1. The molecular formula is C23H25N5O3S. The molecule has 1 saturated heterocycles. The highest BCUT2D eigenvalue weighted by molar-refractivity contribution is 7.07. The number of piperidine rings is 1. The van der Waals surface area contributed by atoms with Crippen LogP contribution in [0.5, 0.6) is 0 Å². The molecule has 1 fully saturated rings. The summed E-state index contributed by atoms with van der Waals surface area (Å²) in [5.74, 6) is 0.890. The van der Waals surface area contributed by atoms with Gasteiger partial charge in [-0.2, -0.15) is 0 Å². The molecular weight excluding hydrogens is 426 g/mol. The van der Waals surface area contributed by atoms with Crippen molar-refractivity contribution in [1.82, 2.24) is 15.3 Å². The Kier molecular flexibility index (Phi) is 6.96. The number of nitrogens with one attached hydrogen (secondary N) is 1. The van der Waals surface area contributed by atoms with Gasteiger partial charge >= 0.3 is 6.09 Å². The van der Waals surface area contributed by atoms with Crippen LogP contribution in [0.2, 0.25) is 0 Å². The number of nitrogens with zero attached hydrogens (tertiary/aromatic N) is 3. The Morgan fingerprint density at radius 3 is 2.62 bits per heavy atom. The lowest BCUT2D eigenvalue weighted by molar-refractivity contribution is 0.1000. The SMILES string of the molecule is NC(=O)c1ccc(-c2cccc(N3CCC(CNC(=O)OCc4cscn4)CC3)n2)cc1. The normalized spacial score (nSPS) is 14.2. The van der Waals surface area contributed by atoms with Gasteiger partial charge in [0.15, 0.2) is 0 Å². The zero-order valence-corrected chi connectivity index (χ0v) is 18.4. The highest BCUT2D eigenvalue weighted by atomic mass is 32.1. The first kappa shape index (κ1) is 21.8. The van der Waals surface area contributed by atoms with Gasteiger partial charge in [0.05, 0.1) is 16.9 Å². The second-order valence-electron chi connectivity index (χ2n) is 7.69. The van der Waals surface area contributed by atoms with Crippen LogP contribution in [0.1, 0.15) is 28.9 Å². The number of nitrogens with two attached hydrogens (primary N) is 1. The van der Waals surface area contributed by atoms with Crippen LogP contribution >= 0.6 is 11.3 Å². The fourth-order valence-corrected chi connectivity index (χ4v) is 4.20. The number of alkyl carbamates (subject to hydrolysis) is 1. The van der Waals surface area contributed by atoms with Crippen molar-refractivity contribution in [3.8, 4) is 11.3 Å². The predicted octanol–water partition coefficient (Wildman–Crippen LogP) is 3.45. The third kappa shape index (κ3) is 5.61. The van der Waals surface area contributed by atoms with E-state index < -0.39 is 12.0 Å². The minimum Gasteiger partial charge on any atom is -0.443 e. The lowest BCUT2D eigenvalue weighted by Crippen LogP contribution is -2.39. The van der Waals surface area contributed by atoms with E-state index in [1.807, 2.05) is 35.7 Å². The van der Waals surface area contributed by atoms with E-state index in [4.69, 9.17) is 15.5 Å². The molecule has 9 heteroatoms. The molecule has 1 aliphatic rings. The summed E-state index contributed by atoms with van der Waals surface area (Å²) in [5, 5.41) is 4.72. The van der Waals surface area contributed by atoms with E-state index in [1.54, 1.807) is 17.6 Å². The van der Waals surface area contributed by atoms with Crippen LogP contribution in [0, 0.1) is 5.92 Å². The molecule has 0 unspecified atom stereocenters. The number of hydrogen-bond donors (Lipinski definition) is 2. The van der Waals surface area contributed by atoms with Crippen molar-refractivity contribution >= 4 is 29.2 Å². The molecule has 32 heavy (non-hydrogen) atoms. The maximum Gasteiger partial charge on any atom is 0.407 e. The largest absolute Gasteiger partial charge is 0.443 e. The highest BCUT2D eigenvalue weighted by Gasteiger charge is 2.21. The van der Waals surface area contributed by atoms with Gasteiger partial charge in [-0.25, -0.2) is 14.8 Å². The summed E-state index contributed by atoms with van der Waals surface area (Å²) < 4.78 is 5.19. The lowest BCUT2D eigenvalue weighted by Gasteiger charge is -2.33. The Hall–Kier alpha value is -3.46. The zero-order chi connectivity index (χ0) is 22.3. The van der Waals surface area contributed by atoms with Crippen LogP contribution in [0.4, 0.5) is 10.6 Å². The number of carbonyl (C=O) groups is 2. The fraction of sp³-hybridized carbons (Fsp3) is 0.304. The summed E-state index contributed by atoms with van der Waals surface area (Å²) >= 11 is 1.48. The number of ether oxygens (including phenoxy) is 1. The van der Waals surface area contributed by atoms with Gasteiger partial charge in [0, 0.05) is 36.1 Å². The van der Waals surface area contributed by atoms with Gasteiger partial charge in [0.2, 0.25) is 5.91 Å². The third-order valence-corrected chi connectivity index (χ3v) is 6.14. The summed E-state index contributed by atoms with van der Waals surface area (Å²) in [6, 6.07) is 13.1. The Bertz CT molecular complexity index is 1050. The van der Waals surface area contributed by atoms with E-state index in [0.29, 0.717) is 18.0 Å². The topological polar surface area (TPSA) is 110 Å². The number of carbonyl (C=O) groups excluding carboxylic acids is 2. The second-order valence-corrected chi connectivity index (χ2v) is 8.41. The van der Waals surface area contributed by atoms with Crippen molar-refractivity contribution in [2.45, 2.75) is 19.4 Å². The standard InChI is InChI=1S/C23H25N5O3S/c24-22(29)18-6-4-17(5-7-18)20-2-1-3-21(27-20)28-10-8-16(9-11-28)12-25-23(30)31-13-19-14-32-15-26-19/h1-7,14-16H,8-13H2,(H2,24,29)(H,25,30). The first-order valence-electron chi connectivity index (χ1n) is 10.5. The monoisotopic (exact) mass is 451 g/mol. The summed E-state index contributed by atoms with van der Waals surface area (Å²) in [4.78, 5) is 34.3. The number of rotatable bonds is 7. The van der Waals surface area contributed by atoms with Crippen molar-refractivity contribution in [3.05, 3.63) is 64.6 Å². The molecule has 0 saturated carbocycles. The molecule has 3 aromatic rings. The molecule has 1 aromatic carbocycles. The average Bonchev–Trinajstić information content (AvgIpc) is 3.36. The molecule has 0 spiro atoms. The van der Waals surface area contributed by atoms with Crippen molar-refractivity contribution in [2.75, 3.05) is 24.5 Å². The summed E-state index contributed by atoms with van der Waals surface area (Å²) in [6.45, 7) is 2.54. The van der Waals surface area contributed by atoms with Crippen molar-refractivity contribution in [1.29, 1.82) is 0 Å². The van der Waals surface area contributed by atoms with Crippen molar-refractivity contribution < 1.29 is 14.3 Å². The van der Waals surface area contributed by atoms with Crippen LogP contribution in [0.25, 0.3) is 11.3 Å². The first-order valence-corrected chi connectivity index (χ1v) is 11.4. The smallest absolute Gasteiger partial charge is 0.407 e. The number of anilines is 1. The van der Waals surface area contributed by atoms with Crippen LogP contribution < -0.4 is 16.0 Å². The van der Waals surface area contributed by atoms with E-state index in [9.17, 15) is 9.59 Å². The minimum atomic E-state index is -0.441. The molecule has 2 amide bonds. The third-order valence-electron chi connectivity index (χ3n) is 5.51. The van der Waals surface area contributed by atoms with Crippen LogP contribution in [-0.4, -0.2) is 41.6 Å². The van der Waals surface area contributed by atoms with E-state index in [1.165, 1.54) is 11.3 Å². The van der Waals surface area contributed by atoms with Gasteiger partial charge < -0.3 is 20.7 Å². The van der Waals surface area contributed by atoms with Gasteiger partial charge in [-0.15, -0.1) is 11.3 Å². The van der Waals surface area contributed by atoms with Crippen LogP contribution in [-0.2, 0) is 11.3 Å². The number of amides is 2. The molecule has 8 nitrogen and oxygen atoms in total. The Morgan fingerprint density at radius 1 is 1.16 bits per heavy atom. The molecule has 1 aliphatic heterocycles. The van der Waals surface area contributed by atoms with Crippen molar-refractivity contribution in [3.63, 3.8) is 0 Å². The van der Waals surface area contributed by atoms with Crippen molar-refractivity contribution in [2.24, 2.45) is 11.7 Å². The fourth-order valence-electron chi connectivity index (χ4n) is 3.66. The van der Waals surface area contributed by atoms with Gasteiger partial charge in [-0.1, -0.05) is 18.2 Å². The van der Waals surface area contributed by atoms with E-state index in [0.717, 1.165) is 48.7 Å². The minimum absolute atomic E-state index is 0.195. The number of aromatic nitrogens is 2. The van der Waals surface area contributed by atoms with E-state index in [-0.39, 0.29) is 6.61 Å². The van der Waals surface area contributed by atoms with E-state index >= 15 is 0 Å². The maximum absolute atomic E-state index is 11.9.